The molecule has 0 saturated heterocycles. The molecule has 3 heteroatoms. The average Bonchev–Trinajstić information content (AvgIpc) is 2.29. The second kappa shape index (κ2) is 7.34. The van der Waals surface area contributed by atoms with Gasteiger partial charge in [0.25, 0.3) is 0 Å². The van der Waals surface area contributed by atoms with E-state index in [4.69, 9.17) is 9.47 Å². The predicted molar refractivity (Wildman–Crippen MR) is 71.3 cm³/mol. The van der Waals surface area contributed by atoms with Gasteiger partial charge in [-0.1, -0.05) is 13.8 Å². The summed E-state index contributed by atoms with van der Waals surface area (Å²) in [5, 5.41) is 3.61. The summed E-state index contributed by atoms with van der Waals surface area (Å²) in [6, 6.07) is 0.551. The van der Waals surface area contributed by atoms with Gasteiger partial charge in [0.1, 0.15) is 0 Å². The van der Waals surface area contributed by atoms with Gasteiger partial charge in [-0.05, 0) is 44.6 Å². The summed E-state index contributed by atoms with van der Waals surface area (Å²) in [7, 11) is 3.64. The SMILES string of the molecule is CCNC(CC1(OC)CCC1)C(C)CCOC. The zero-order valence-corrected chi connectivity index (χ0v) is 11.9. The smallest absolute Gasteiger partial charge is 0.0693 e. The minimum absolute atomic E-state index is 0.161. The third kappa shape index (κ3) is 4.23. The van der Waals surface area contributed by atoms with Crippen LogP contribution in [-0.4, -0.2) is 39.0 Å². The van der Waals surface area contributed by atoms with E-state index in [1.807, 2.05) is 7.11 Å². The Morgan fingerprint density at radius 2 is 2.00 bits per heavy atom. The molecule has 1 rings (SSSR count). The maximum Gasteiger partial charge on any atom is 0.0693 e. The highest BCUT2D eigenvalue weighted by Gasteiger charge is 2.39. The zero-order chi connectivity index (χ0) is 12.7. The first-order valence-corrected chi connectivity index (χ1v) is 6.95. The van der Waals surface area contributed by atoms with Gasteiger partial charge in [-0.25, -0.2) is 0 Å². The molecule has 0 radical (unpaired) electrons. The van der Waals surface area contributed by atoms with Crippen LogP contribution in [0.15, 0.2) is 0 Å². The summed E-state index contributed by atoms with van der Waals surface area (Å²) in [6.45, 7) is 6.37. The fourth-order valence-corrected chi connectivity index (χ4v) is 2.71. The van der Waals surface area contributed by atoms with Crippen LogP contribution in [0.5, 0.6) is 0 Å². The lowest BCUT2D eigenvalue weighted by molar-refractivity contribution is -0.0869. The first kappa shape index (κ1) is 14.9. The van der Waals surface area contributed by atoms with Crippen LogP contribution < -0.4 is 5.32 Å². The number of rotatable bonds is 9. The van der Waals surface area contributed by atoms with Crippen molar-refractivity contribution >= 4 is 0 Å². The van der Waals surface area contributed by atoms with Gasteiger partial charge in [0.05, 0.1) is 5.60 Å². The third-order valence-electron chi connectivity index (χ3n) is 4.22. The van der Waals surface area contributed by atoms with E-state index in [2.05, 4.69) is 19.2 Å². The fourth-order valence-electron chi connectivity index (χ4n) is 2.71. The van der Waals surface area contributed by atoms with Crippen molar-refractivity contribution in [1.29, 1.82) is 0 Å². The van der Waals surface area contributed by atoms with Gasteiger partial charge < -0.3 is 14.8 Å². The van der Waals surface area contributed by atoms with Crippen molar-refractivity contribution in [3.8, 4) is 0 Å². The molecular weight excluding hydrogens is 214 g/mol. The van der Waals surface area contributed by atoms with Crippen LogP contribution >= 0.6 is 0 Å². The van der Waals surface area contributed by atoms with Gasteiger partial charge in [-0.15, -0.1) is 0 Å². The molecule has 0 amide bonds. The van der Waals surface area contributed by atoms with Gasteiger partial charge in [0.15, 0.2) is 0 Å². The van der Waals surface area contributed by atoms with Crippen molar-refractivity contribution in [2.45, 2.75) is 57.6 Å². The maximum absolute atomic E-state index is 5.73. The molecule has 17 heavy (non-hydrogen) atoms. The monoisotopic (exact) mass is 243 g/mol. The van der Waals surface area contributed by atoms with E-state index >= 15 is 0 Å². The molecule has 1 aliphatic rings. The first-order valence-electron chi connectivity index (χ1n) is 6.95. The molecule has 0 spiro atoms. The van der Waals surface area contributed by atoms with Gasteiger partial charge >= 0.3 is 0 Å². The summed E-state index contributed by atoms with van der Waals surface area (Å²) in [4.78, 5) is 0. The van der Waals surface area contributed by atoms with Crippen LogP contribution in [0.2, 0.25) is 0 Å². The minimum atomic E-state index is 0.161. The van der Waals surface area contributed by atoms with Crippen LogP contribution in [-0.2, 0) is 9.47 Å². The fraction of sp³-hybridized carbons (Fsp3) is 1.00. The van der Waals surface area contributed by atoms with Crippen LogP contribution in [0.1, 0.15) is 46.0 Å². The number of methoxy groups -OCH3 is 2. The van der Waals surface area contributed by atoms with Gasteiger partial charge in [0.2, 0.25) is 0 Å². The second-order valence-electron chi connectivity index (χ2n) is 5.37. The summed E-state index contributed by atoms with van der Waals surface area (Å²) < 4.78 is 10.9. The Hall–Kier alpha value is -0.120. The molecule has 0 bridgehead atoms. The number of hydrogen-bond donors (Lipinski definition) is 1. The first-order chi connectivity index (χ1) is 8.17. The van der Waals surface area contributed by atoms with Gasteiger partial charge in [0, 0.05) is 26.9 Å². The number of hydrogen-bond acceptors (Lipinski definition) is 3. The number of ether oxygens (including phenoxy) is 2. The molecule has 1 aliphatic carbocycles. The molecule has 0 heterocycles. The maximum atomic E-state index is 5.73. The van der Waals surface area contributed by atoms with Crippen LogP contribution in [0.25, 0.3) is 0 Å². The lowest BCUT2D eigenvalue weighted by atomic mass is 9.73. The lowest BCUT2D eigenvalue weighted by Gasteiger charge is -2.44. The number of nitrogens with one attached hydrogen (secondary N) is 1. The normalized spacial score (nSPS) is 21.9. The molecule has 2 atom stereocenters. The molecule has 102 valence electrons. The molecule has 0 aromatic rings. The Bertz CT molecular complexity index is 199. The Labute approximate surface area is 106 Å². The van der Waals surface area contributed by atoms with Crippen molar-refractivity contribution in [2.24, 2.45) is 5.92 Å². The highest BCUT2D eigenvalue weighted by atomic mass is 16.5. The van der Waals surface area contributed by atoms with E-state index in [9.17, 15) is 0 Å². The Morgan fingerprint density at radius 1 is 1.29 bits per heavy atom. The van der Waals surface area contributed by atoms with E-state index in [1.165, 1.54) is 19.3 Å². The van der Waals surface area contributed by atoms with Crippen molar-refractivity contribution in [3.05, 3.63) is 0 Å². The summed E-state index contributed by atoms with van der Waals surface area (Å²) >= 11 is 0. The highest BCUT2D eigenvalue weighted by Crippen LogP contribution is 2.40. The van der Waals surface area contributed by atoms with Crippen molar-refractivity contribution < 1.29 is 9.47 Å². The molecule has 0 aliphatic heterocycles. The standard InChI is InChI=1S/C14H29NO2/c1-5-15-13(12(2)7-10-16-3)11-14(17-4)8-6-9-14/h12-13,15H,5-11H2,1-4H3. The minimum Gasteiger partial charge on any atom is -0.385 e. The molecular formula is C14H29NO2. The topological polar surface area (TPSA) is 30.5 Å². The van der Waals surface area contributed by atoms with E-state index in [0.717, 1.165) is 26.0 Å². The van der Waals surface area contributed by atoms with E-state index in [0.29, 0.717) is 12.0 Å². The Kier molecular flexibility index (Phi) is 6.45. The second-order valence-corrected chi connectivity index (χ2v) is 5.37. The predicted octanol–water partition coefficient (Wildman–Crippen LogP) is 2.60. The quantitative estimate of drug-likeness (QED) is 0.675. The Balaban J connectivity index is 2.46. The molecule has 1 fully saturated rings. The van der Waals surface area contributed by atoms with Gasteiger partial charge in [-0.2, -0.15) is 0 Å². The van der Waals surface area contributed by atoms with Crippen LogP contribution in [0, 0.1) is 5.92 Å². The molecule has 2 unspecified atom stereocenters. The molecule has 3 nitrogen and oxygen atoms in total. The molecule has 1 saturated carbocycles. The largest absolute Gasteiger partial charge is 0.385 e. The van der Waals surface area contributed by atoms with Crippen LogP contribution in [0.3, 0.4) is 0 Å². The van der Waals surface area contributed by atoms with Crippen molar-refractivity contribution in [3.63, 3.8) is 0 Å². The summed E-state index contributed by atoms with van der Waals surface area (Å²) in [5.41, 5.74) is 0.161. The summed E-state index contributed by atoms with van der Waals surface area (Å²) in [6.07, 6.45) is 6.03. The van der Waals surface area contributed by atoms with E-state index < -0.39 is 0 Å². The zero-order valence-electron chi connectivity index (χ0n) is 11.9. The summed E-state index contributed by atoms with van der Waals surface area (Å²) in [5.74, 6) is 0.641. The average molecular weight is 243 g/mol. The molecule has 0 aromatic carbocycles. The van der Waals surface area contributed by atoms with Crippen molar-refractivity contribution in [2.75, 3.05) is 27.4 Å². The van der Waals surface area contributed by atoms with E-state index in [1.54, 1.807) is 7.11 Å². The Morgan fingerprint density at radius 3 is 2.41 bits per heavy atom. The highest BCUT2D eigenvalue weighted by molar-refractivity contribution is 4.94. The van der Waals surface area contributed by atoms with Crippen LogP contribution in [0.4, 0.5) is 0 Å². The lowest BCUT2D eigenvalue weighted by Crippen LogP contribution is -2.48. The molecule has 1 N–H and O–H groups in total. The van der Waals surface area contributed by atoms with Gasteiger partial charge in [-0.3, -0.25) is 0 Å². The van der Waals surface area contributed by atoms with E-state index in [-0.39, 0.29) is 5.60 Å². The molecule has 0 aromatic heterocycles. The van der Waals surface area contributed by atoms with Crippen molar-refractivity contribution in [1.82, 2.24) is 5.32 Å². The third-order valence-corrected chi connectivity index (χ3v) is 4.22.